The molecular formula is C22H18N4O3. The molecule has 3 heterocycles. The Morgan fingerprint density at radius 3 is 2.52 bits per heavy atom. The third-order valence-corrected chi connectivity index (χ3v) is 4.34. The number of rotatable bonds is 6. The van der Waals surface area contributed by atoms with E-state index >= 15 is 0 Å². The van der Waals surface area contributed by atoms with Crippen molar-refractivity contribution in [1.29, 1.82) is 0 Å². The first-order valence-electron chi connectivity index (χ1n) is 9.08. The van der Waals surface area contributed by atoms with Gasteiger partial charge in [-0.1, -0.05) is 36.4 Å². The van der Waals surface area contributed by atoms with Crippen molar-refractivity contribution in [2.24, 2.45) is 0 Å². The molecule has 0 atom stereocenters. The lowest BCUT2D eigenvalue weighted by molar-refractivity contribution is -0.119. The molecule has 4 rings (SSSR count). The van der Waals surface area contributed by atoms with Gasteiger partial charge < -0.3 is 4.42 Å². The van der Waals surface area contributed by atoms with Gasteiger partial charge in [-0.2, -0.15) is 5.10 Å². The second-order valence-corrected chi connectivity index (χ2v) is 6.35. The highest BCUT2D eigenvalue weighted by Gasteiger charge is 2.19. The zero-order valence-corrected chi connectivity index (χ0v) is 15.5. The Morgan fingerprint density at radius 1 is 0.966 bits per heavy atom. The van der Waals surface area contributed by atoms with Gasteiger partial charge in [-0.15, -0.1) is 0 Å². The minimum absolute atomic E-state index is 0.212. The molecule has 1 aromatic carbocycles. The highest BCUT2D eigenvalue weighted by molar-refractivity contribution is 5.92. The Labute approximate surface area is 166 Å². The molecule has 0 N–H and O–H groups in total. The van der Waals surface area contributed by atoms with Crippen LogP contribution in [0.15, 0.2) is 94.5 Å². The van der Waals surface area contributed by atoms with Crippen LogP contribution in [0.2, 0.25) is 0 Å². The summed E-state index contributed by atoms with van der Waals surface area (Å²) in [4.78, 5) is 31.3. The van der Waals surface area contributed by atoms with Crippen molar-refractivity contribution in [1.82, 2.24) is 14.8 Å². The van der Waals surface area contributed by atoms with Gasteiger partial charge in [0.05, 0.1) is 12.8 Å². The van der Waals surface area contributed by atoms with Gasteiger partial charge in [-0.25, -0.2) is 9.67 Å². The monoisotopic (exact) mass is 386 g/mol. The van der Waals surface area contributed by atoms with E-state index in [-0.39, 0.29) is 18.0 Å². The predicted octanol–water partition coefficient (Wildman–Crippen LogP) is 3.13. The SMILES string of the molecule is O=C(Cn1nc(-c2ccco2)ccc1=O)N(Cc1ccccc1)c1ccccn1. The summed E-state index contributed by atoms with van der Waals surface area (Å²) < 4.78 is 6.47. The Balaban J connectivity index is 1.63. The fourth-order valence-corrected chi connectivity index (χ4v) is 2.91. The minimum Gasteiger partial charge on any atom is -0.463 e. The van der Waals surface area contributed by atoms with Crippen LogP contribution in [-0.4, -0.2) is 20.7 Å². The van der Waals surface area contributed by atoms with E-state index in [4.69, 9.17) is 4.42 Å². The summed E-state index contributed by atoms with van der Waals surface area (Å²) in [6.07, 6.45) is 3.16. The number of benzene rings is 1. The third-order valence-electron chi connectivity index (χ3n) is 4.34. The Morgan fingerprint density at radius 2 is 1.79 bits per heavy atom. The summed E-state index contributed by atoms with van der Waals surface area (Å²) in [6, 6.07) is 21.4. The average Bonchev–Trinajstić information content (AvgIpc) is 3.30. The van der Waals surface area contributed by atoms with Crippen molar-refractivity contribution >= 4 is 11.7 Å². The summed E-state index contributed by atoms with van der Waals surface area (Å²) in [5.41, 5.74) is 1.07. The molecule has 0 unspecified atom stereocenters. The fraction of sp³-hybridized carbons (Fsp3) is 0.0909. The number of hydrogen-bond acceptors (Lipinski definition) is 5. The van der Waals surface area contributed by atoms with Gasteiger partial charge in [0.25, 0.3) is 5.56 Å². The number of anilines is 1. The molecule has 0 aliphatic carbocycles. The molecular weight excluding hydrogens is 368 g/mol. The first-order valence-corrected chi connectivity index (χ1v) is 9.08. The highest BCUT2D eigenvalue weighted by atomic mass is 16.3. The van der Waals surface area contributed by atoms with E-state index in [1.807, 2.05) is 36.4 Å². The summed E-state index contributed by atoms with van der Waals surface area (Å²) in [5, 5.41) is 4.28. The van der Waals surface area contributed by atoms with Crippen LogP contribution in [0.5, 0.6) is 0 Å². The molecule has 29 heavy (non-hydrogen) atoms. The smallest absolute Gasteiger partial charge is 0.267 e. The van der Waals surface area contributed by atoms with Crippen LogP contribution in [0, 0.1) is 0 Å². The Bertz CT molecular complexity index is 1140. The molecule has 7 nitrogen and oxygen atoms in total. The molecule has 0 bridgehead atoms. The number of amides is 1. The van der Waals surface area contributed by atoms with Crippen LogP contribution in [0.1, 0.15) is 5.56 Å². The molecule has 0 saturated heterocycles. The van der Waals surface area contributed by atoms with Gasteiger partial charge in [0.1, 0.15) is 18.1 Å². The van der Waals surface area contributed by atoms with Crippen LogP contribution < -0.4 is 10.5 Å². The van der Waals surface area contributed by atoms with E-state index in [2.05, 4.69) is 10.1 Å². The van der Waals surface area contributed by atoms with Crippen molar-refractivity contribution in [3.05, 3.63) is 101 Å². The van der Waals surface area contributed by atoms with Crippen LogP contribution >= 0.6 is 0 Å². The summed E-state index contributed by atoms with van der Waals surface area (Å²) in [7, 11) is 0. The molecule has 7 heteroatoms. The maximum absolute atomic E-state index is 13.1. The lowest BCUT2D eigenvalue weighted by Crippen LogP contribution is -2.37. The van der Waals surface area contributed by atoms with Gasteiger partial charge in [-0.05, 0) is 35.9 Å². The lowest BCUT2D eigenvalue weighted by Gasteiger charge is -2.22. The number of aromatic nitrogens is 3. The van der Waals surface area contributed by atoms with Crippen molar-refractivity contribution < 1.29 is 9.21 Å². The Hall–Kier alpha value is -4.00. The standard InChI is InChI=1S/C22H18N4O3/c27-21-12-11-18(19-9-6-14-29-19)24-26(21)16-22(28)25(20-10-4-5-13-23-20)15-17-7-2-1-3-8-17/h1-14H,15-16H2. The normalized spacial score (nSPS) is 10.6. The molecule has 4 aromatic rings. The van der Waals surface area contributed by atoms with Gasteiger partial charge in [0, 0.05) is 12.3 Å². The second-order valence-electron chi connectivity index (χ2n) is 6.35. The molecule has 144 valence electrons. The number of pyridine rings is 1. The van der Waals surface area contributed by atoms with Gasteiger partial charge >= 0.3 is 0 Å². The molecule has 0 saturated carbocycles. The number of carbonyl (C=O) groups excluding carboxylic acids is 1. The zero-order valence-electron chi connectivity index (χ0n) is 15.5. The van der Waals surface area contributed by atoms with Crippen molar-refractivity contribution in [3.63, 3.8) is 0 Å². The highest BCUT2D eigenvalue weighted by Crippen LogP contribution is 2.17. The molecule has 3 aromatic heterocycles. The van der Waals surface area contributed by atoms with Crippen molar-refractivity contribution in [2.45, 2.75) is 13.1 Å². The van der Waals surface area contributed by atoms with E-state index in [1.54, 1.807) is 41.4 Å². The molecule has 0 aliphatic rings. The van der Waals surface area contributed by atoms with E-state index in [1.165, 1.54) is 12.3 Å². The topological polar surface area (TPSA) is 81.2 Å². The molecule has 0 aliphatic heterocycles. The van der Waals surface area contributed by atoms with Crippen LogP contribution in [-0.2, 0) is 17.9 Å². The first-order chi connectivity index (χ1) is 14.2. The number of carbonyl (C=O) groups is 1. The Kier molecular flexibility index (Phi) is 5.29. The quantitative estimate of drug-likeness (QED) is 0.509. The average molecular weight is 386 g/mol. The maximum atomic E-state index is 13.1. The predicted molar refractivity (Wildman–Crippen MR) is 108 cm³/mol. The zero-order chi connectivity index (χ0) is 20.1. The summed E-state index contributed by atoms with van der Waals surface area (Å²) in [6.45, 7) is 0.125. The third kappa shape index (κ3) is 4.30. The van der Waals surface area contributed by atoms with Gasteiger partial charge in [0.15, 0.2) is 5.76 Å². The van der Waals surface area contributed by atoms with Crippen LogP contribution in [0.25, 0.3) is 11.5 Å². The van der Waals surface area contributed by atoms with E-state index in [0.717, 1.165) is 10.2 Å². The number of hydrogen-bond donors (Lipinski definition) is 0. The van der Waals surface area contributed by atoms with E-state index in [9.17, 15) is 9.59 Å². The summed E-state index contributed by atoms with van der Waals surface area (Å²) in [5.74, 6) is 0.743. The maximum Gasteiger partial charge on any atom is 0.267 e. The molecule has 0 fully saturated rings. The molecule has 0 spiro atoms. The lowest BCUT2D eigenvalue weighted by atomic mass is 10.2. The largest absolute Gasteiger partial charge is 0.463 e. The van der Waals surface area contributed by atoms with E-state index < -0.39 is 0 Å². The molecule has 0 radical (unpaired) electrons. The first kappa shape index (κ1) is 18.4. The van der Waals surface area contributed by atoms with Crippen LogP contribution in [0.3, 0.4) is 0 Å². The number of nitrogens with zero attached hydrogens (tertiary/aromatic N) is 4. The van der Waals surface area contributed by atoms with Crippen molar-refractivity contribution in [3.8, 4) is 11.5 Å². The van der Waals surface area contributed by atoms with E-state index in [0.29, 0.717) is 23.8 Å². The van der Waals surface area contributed by atoms with Crippen LogP contribution in [0.4, 0.5) is 5.82 Å². The second kappa shape index (κ2) is 8.35. The summed E-state index contributed by atoms with van der Waals surface area (Å²) >= 11 is 0. The minimum atomic E-state index is -0.366. The van der Waals surface area contributed by atoms with Gasteiger partial charge in [-0.3, -0.25) is 14.5 Å². The van der Waals surface area contributed by atoms with Crippen molar-refractivity contribution in [2.75, 3.05) is 4.90 Å². The fourth-order valence-electron chi connectivity index (χ4n) is 2.91. The number of furan rings is 1. The van der Waals surface area contributed by atoms with Gasteiger partial charge in [0.2, 0.25) is 5.91 Å². The molecule has 1 amide bonds.